The van der Waals surface area contributed by atoms with Gasteiger partial charge >= 0.3 is 8.56 Å². The monoisotopic (exact) mass is 376 g/mol. The number of hydrogen-bond acceptors (Lipinski definition) is 2. The summed E-state index contributed by atoms with van der Waals surface area (Å²) >= 11 is 0. The second-order valence-corrected chi connectivity index (χ2v) is 13.6. The Balaban J connectivity index is 2.32. The first kappa shape index (κ1) is 19.6. The zero-order valence-corrected chi connectivity index (χ0v) is 18.7. The summed E-state index contributed by atoms with van der Waals surface area (Å²) in [6.45, 7) is 7.76. The third kappa shape index (κ3) is 5.39. The molecule has 0 aliphatic heterocycles. The molecule has 0 atom stereocenters. The Hall–Kier alpha value is -0.729. The summed E-state index contributed by atoms with van der Waals surface area (Å²) in [6.07, 6.45) is 11.9. The Morgan fingerprint density at radius 3 is 1.96 bits per heavy atom. The molecule has 0 saturated heterocycles. The molecule has 0 bridgehead atoms. The first-order chi connectivity index (χ1) is 11.8. The van der Waals surface area contributed by atoms with Crippen molar-refractivity contribution in [3.05, 3.63) is 55.6 Å². The van der Waals surface area contributed by atoms with Gasteiger partial charge in [0.05, 0.1) is 0 Å². The van der Waals surface area contributed by atoms with Crippen LogP contribution in [0, 0.1) is 0 Å². The maximum Gasteiger partial charge on any atom is 0.354 e. The van der Waals surface area contributed by atoms with Crippen LogP contribution in [0.1, 0.15) is 38.5 Å². The Morgan fingerprint density at radius 1 is 0.917 bits per heavy atom. The highest BCUT2D eigenvalue weighted by Gasteiger charge is 2.46. The maximum atomic E-state index is 6.78. The van der Waals surface area contributed by atoms with E-state index in [2.05, 4.69) is 43.5 Å². The highest BCUT2D eigenvalue weighted by molar-refractivity contribution is 6.87. The van der Waals surface area contributed by atoms with Crippen LogP contribution >= 0.6 is 0 Å². The fourth-order valence-electron chi connectivity index (χ4n) is 3.60. The van der Waals surface area contributed by atoms with E-state index in [9.17, 15) is 0 Å². The topological polar surface area (TPSA) is 18.5 Å². The van der Waals surface area contributed by atoms with Crippen LogP contribution in [0.2, 0.25) is 17.6 Å². The van der Waals surface area contributed by atoms with Gasteiger partial charge in [-0.05, 0) is 30.1 Å². The van der Waals surface area contributed by atoms with E-state index in [0.29, 0.717) is 5.54 Å². The number of rotatable bonds is 10. The second-order valence-electron chi connectivity index (χ2n) is 6.57. The van der Waals surface area contributed by atoms with Crippen molar-refractivity contribution in [1.29, 1.82) is 0 Å². The third-order valence-corrected chi connectivity index (χ3v) is 14.0. The molecule has 0 aromatic heterocycles. The molecule has 0 unspecified atom stereocenters. The molecule has 1 aliphatic carbocycles. The lowest BCUT2D eigenvalue weighted by Gasteiger charge is -2.38. The Morgan fingerprint density at radius 2 is 1.46 bits per heavy atom. The molecule has 0 heterocycles. The van der Waals surface area contributed by atoms with Gasteiger partial charge in [0.15, 0.2) is 19.5 Å². The Labute approximate surface area is 153 Å². The van der Waals surface area contributed by atoms with Crippen molar-refractivity contribution in [2.75, 3.05) is 0 Å². The number of hydrogen-bond donors (Lipinski definition) is 0. The highest BCUT2D eigenvalue weighted by atomic mass is 28.4. The molecule has 24 heavy (non-hydrogen) atoms. The minimum Gasteiger partial charge on any atom is -0.438 e. The normalized spacial score (nSPS) is 19.5. The van der Waals surface area contributed by atoms with E-state index in [4.69, 9.17) is 8.23 Å². The van der Waals surface area contributed by atoms with Crippen molar-refractivity contribution in [2.45, 2.75) is 56.2 Å². The summed E-state index contributed by atoms with van der Waals surface area (Å²) in [6, 6.07) is 12.9. The first-order valence-corrected chi connectivity index (χ1v) is 14.4. The number of benzene rings is 1. The molecule has 0 amide bonds. The van der Waals surface area contributed by atoms with Crippen LogP contribution in [0.25, 0.3) is 0 Å². The summed E-state index contributed by atoms with van der Waals surface area (Å²) in [4.78, 5) is 0. The molecule has 0 radical (unpaired) electrons. The molecule has 1 aliphatic rings. The van der Waals surface area contributed by atoms with Gasteiger partial charge in [0.25, 0.3) is 0 Å². The fourth-order valence-corrected chi connectivity index (χ4v) is 13.9. The summed E-state index contributed by atoms with van der Waals surface area (Å²) in [5.74, 6) is 0. The summed E-state index contributed by atoms with van der Waals surface area (Å²) in [5, 5.41) is 1.35. The van der Waals surface area contributed by atoms with Crippen molar-refractivity contribution in [1.82, 2.24) is 0 Å². The second kappa shape index (κ2) is 11.0. The Kier molecular flexibility index (Phi) is 8.98. The van der Waals surface area contributed by atoms with E-state index in [1.165, 1.54) is 43.7 Å². The molecule has 1 aromatic carbocycles. The lowest BCUT2D eigenvalue weighted by atomic mass is 10.2. The smallest absolute Gasteiger partial charge is 0.354 e. The van der Waals surface area contributed by atoms with Crippen LogP contribution in [-0.2, 0) is 8.23 Å². The standard InChI is InChI=1S/C19H32O2Si3/c1-3-16-22-20-24(21-23-17-4-2,19-14-10-7-11-15-19)18-12-8-5-6-9-13-18/h3-4,7,10-11,14-15,18H,1-2,5-6,8-9,12-13,16-17,22-23H2. The molecule has 132 valence electrons. The minimum absolute atomic E-state index is 0.608. The summed E-state index contributed by atoms with van der Waals surface area (Å²) in [5.41, 5.74) is 0.608. The van der Waals surface area contributed by atoms with Gasteiger partial charge in [-0.3, -0.25) is 0 Å². The highest BCUT2D eigenvalue weighted by Crippen LogP contribution is 2.37. The molecular formula is C19H32O2Si3. The van der Waals surface area contributed by atoms with Gasteiger partial charge in [0, 0.05) is 5.54 Å². The molecule has 2 nitrogen and oxygen atoms in total. The summed E-state index contributed by atoms with van der Waals surface area (Å²) < 4.78 is 13.6. The van der Waals surface area contributed by atoms with Gasteiger partial charge in [-0.25, -0.2) is 0 Å². The number of allylic oxidation sites excluding steroid dienone is 2. The van der Waals surface area contributed by atoms with Gasteiger partial charge in [-0.2, -0.15) is 0 Å². The van der Waals surface area contributed by atoms with E-state index < -0.39 is 28.1 Å². The molecule has 0 N–H and O–H groups in total. The van der Waals surface area contributed by atoms with Crippen molar-refractivity contribution < 1.29 is 8.23 Å². The van der Waals surface area contributed by atoms with Crippen LogP contribution in [0.5, 0.6) is 0 Å². The zero-order chi connectivity index (χ0) is 17.1. The first-order valence-electron chi connectivity index (χ1n) is 9.38. The molecule has 1 aromatic rings. The van der Waals surface area contributed by atoms with Crippen molar-refractivity contribution in [2.24, 2.45) is 0 Å². The molecule has 5 heteroatoms. The van der Waals surface area contributed by atoms with Crippen LogP contribution in [-0.4, -0.2) is 28.1 Å². The molecule has 1 fully saturated rings. The molecular weight excluding hydrogens is 344 g/mol. The van der Waals surface area contributed by atoms with Gasteiger partial charge in [-0.15, -0.1) is 13.2 Å². The van der Waals surface area contributed by atoms with E-state index >= 15 is 0 Å². The summed E-state index contributed by atoms with van der Waals surface area (Å²) in [7, 11) is -3.57. The quantitative estimate of drug-likeness (QED) is 0.269. The van der Waals surface area contributed by atoms with Crippen LogP contribution in [0.3, 0.4) is 0 Å². The van der Waals surface area contributed by atoms with E-state index in [0.717, 1.165) is 12.1 Å². The van der Waals surface area contributed by atoms with Gasteiger partial charge in [0.2, 0.25) is 0 Å². The predicted octanol–water partition coefficient (Wildman–Crippen LogP) is 3.47. The van der Waals surface area contributed by atoms with Crippen LogP contribution in [0.4, 0.5) is 0 Å². The van der Waals surface area contributed by atoms with Crippen molar-refractivity contribution >= 4 is 33.3 Å². The van der Waals surface area contributed by atoms with Gasteiger partial charge in [-0.1, -0.05) is 68.2 Å². The minimum atomic E-state index is -2.35. The lowest BCUT2D eigenvalue weighted by Crippen LogP contribution is -2.58. The maximum absolute atomic E-state index is 6.78. The van der Waals surface area contributed by atoms with Gasteiger partial charge < -0.3 is 8.23 Å². The third-order valence-electron chi connectivity index (χ3n) is 4.85. The van der Waals surface area contributed by atoms with Gasteiger partial charge in [0.1, 0.15) is 0 Å². The van der Waals surface area contributed by atoms with E-state index in [-0.39, 0.29) is 0 Å². The van der Waals surface area contributed by atoms with Crippen LogP contribution in [0.15, 0.2) is 55.6 Å². The lowest BCUT2D eigenvalue weighted by molar-refractivity contribution is 0.389. The van der Waals surface area contributed by atoms with Crippen LogP contribution < -0.4 is 5.19 Å². The van der Waals surface area contributed by atoms with Crippen molar-refractivity contribution in [3.8, 4) is 0 Å². The fraction of sp³-hybridized carbons (Fsp3) is 0.474. The molecule has 1 saturated carbocycles. The Bertz CT molecular complexity index is 471. The van der Waals surface area contributed by atoms with E-state index in [1.54, 1.807) is 0 Å². The SMILES string of the molecule is C=CC[SiH2]O[Si](O[SiH2]CC=C)(c1ccccc1)C1CCCCCC1. The zero-order valence-electron chi connectivity index (χ0n) is 14.9. The molecule has 0 spiro atoms. The van der Waals surface area contributed by atoms with Crippen molar-refractivity contribution in [3.63, 3.8) is 0 Å². The largest absolute Gasteiger partial charge is 0.438 e. The van der Waals surface area contributed by atoms with E-state index in [1.807, 2.05) is 12.2 Å². The predicted molar refractivity (Wildman–Crippen MR) is 113 cm³/mol. The molecule has 2 rings (SSSR count). The average molecular weight is 377 g/mol. The average Bonchev–Trinajstić information content (AvgIpc) is 2.91.